The molecule has 0 unspecified atom stereocenters. The van der Waals surface area contributed by atoms with Gasteiger partial charge < -0.3 is 19.7 Å². The Kier molecular flexibility index (Phi) is 8.70. The van der Waals surface area contributed by atoms with E-state index in [4.69, 9.17) is 9.47 Å². The summed E-state index contributed by atoms with van der Waals surface area (Å²) < 4.78 is 12.6. The van der Waals surface area contributed by atoms with Crippen LogP contribution >= 0.6 is 0 Å². The van der Waals surface area contributed by atoms with E-state index in [1.165, 1.54) is 6.07 Å². The minimum atomic E-state index is -0.535. The maximum Gasteiger partial charge on any atom is 0.344 e. The third-order valence-corrected chi connectivity index (χ3v) is 7.33. The van der Waals surface area contributed by atoms with Crippen LogP contribution in [0.15, 0.2) is 60.9 Å². The average molecular weight is 585 g/mol. The SMILES string of the molecule is CN(C(=O)c1nc(OCC(=O)OCC(C)(C)C)ccc1NC(=O)c1ccc(Cn2ccnn2)c2ccccc12)C1CCC1. The van der Waals surface area contributed by atoms with E-state index < -0.39 is 5.97 Å². The fourth-order valence-corrected chi connectivity index (χ4v) is 4.74. The first-order valence-corrected chi connectivity index (χ1v) is 14.3. The van der Waals surface area contributed by atoms with Crippen molar-refractivity contribution < 1.29 is 23.9 Å². The molecule has 2 aromatic carbocycles. The van der Waals surface area contributed by atoms with Gasteiger partial charge in [-0.25, -0.2) is 14.5 Å². The van der Waals surface area contributed by atoms with E-state index in [-0.39, 0.29) is 53.7 Å². The number of nitrogens with one attached hydrogen (secondary N) is 1. The van der Waals surface area contributed by atoms with Crippen LogP contribution in [-0.2, 0) is 16.1 Å². The van der Waals surface area contributed by atoms with E-state index in [0.29, 0.717) is 12.1 Å². The van der Waals surface area contributed by atoms with Gasteiger partial charge in [-0.05, 0) is 53.1 Å². The minimum absolute atomic E-state index is 0.0374. The molecule has 0 radical (unpaired) electrons. The van der Waals surface area contributed by atoms with Gasteiger partial charge in [0.1, 0.15) is 0 Å². The van der Waals surface area contributed by atoms with Crippen molar-refractivity contribution >= 4 is 34.2 Å². The Morgan fingerprint density at radius 1 is 1.05 bits per heavy atom. The second-order valence-corrected chi connectivity index (χ2v) is 11.9. The summed E-state index contributed by atoms with van der Waals surface area (Å²) in [6, 6.07) is 14.5. The molecule has 11 nitrogen and oxygen atoms in total. The van der Waals surface area contributed by atoms with E-state index in [1.54, 1.807) is 41.2 Å². The quantitative estimate of drug-likeness (QED) is 0.265. The molecule has 0 spiro atoms. The van der Waals surface area contributed by atoms with Crippen molar-refractivity contribution in [1.82, 2.24) is 24.9 Å². The highest BCUT2D eigenvalue weighted by Crippen LogP contribution is 2.29. The van der Waals surface area contributed by atoms with E-state index in [1.807, 2.05) is 51.1 Å². The van der Waals surface area contributed by atoms with Gasteiger partial charge in [-0.1, -0.05) is 56.3 Å². The topological polar surface area (TPSA) is 129 Å². The number of aromatic nitrogens is 4. The lowest BCUT2D eigenvalue weighted by Crippen LogP contribution is -2.42. The zero-order valence-electron chi connectivity index (χ0n) is 24.9. The van der Waals surface area contributed by atoms with E-state index in [9.17, 15) is 14.4 Å². The molecule has 11 heteroatoms. The molecule has 2 heterocycles. The fourth-order valence-electron chi connectivity index (χ4n) is 4.74. The van der Waals surface area contributed by atoms with Crippen molar-refractivity contribution in [2.45, 2.75) is 52.6 Å². The summed E-state index contributed by atoms with van der Waals surface area (Å²) in [5.41, 5.74) is 1.54. The first-order valence-electron chi connectivity index (χ1n) is 14.3. The van der Waals surface area contributed by atoms with Crippen LogP contribution in [0.5, 0.6) is 5.88 Å². The summed E-state index contributed by atoms with van der Waals surface area (Å²) in [5, 5.41) is 12.5. The van der Waals surface area contributed by atoms with Gasteiger partial charge in [0.25, 0.3) is 11.8 Å². The lowest BCUT2D eigenvalue weighted by molar-refractivity contribution is -0.148. The maximum absolute atomic E-state index is 13.7. The predicted molar refractivity (Wildman–Crippen MR) is 161 cm³/mol. The first-order chi connectivity index (χ1) is 20.6. The van der Waals surface area contributed by atoms with Gasteiger partial charge >= 0.3 is 5.97 Å². The van der Waals surface area contributed by atoms with Gasteiger partial charge in [0.05, 0.1) is 25.0 Å². The molecular weight excluding hydrogens is 548 g/mol. The van der Waals surface area contributed by atoms with Crippen LogP contribution in [0, 0.1) is 5.41 Å². The third kappa shape index (κ3) is 7.17. The number of esters is 1. The Bertz CT molecular complexity index is 1630. The number of nitrogens with zero attached hydrogens (tertiary/aromatic N) is 5. The standard InChI is InChI=1S/C32H36N6O5/c1-32(2,3)20-43-28(39)19-42-27-15-14-26(29(35-27)31(41)37(4)22-8-7-9-22)34-30(40)25-13-12-21(18-38-17-16-33-36-38)23-10-5-6-11-24(23)25/h5-6,10-17,22H,7-9,18-20H2,1-4H3,(H,34,40). The molecule has 4 aromatic rings. The largest absolute Gasteiger partial charge is 0.466 e. The highest BCUT2D eigenvalue weighted by Gasteiger charge is 2.29. The van der Waals surface area contributed by atoms with Gasteiger partial charge in [0.15, 0.2) is 12.3 Å². The molecule has 2 aromatic heterocycles. The van der Waals surface area contributed by atoms with Crippen LogP contribution in [0.3, 0.4) is 0 Å². The number of ether oxygens (including phenoxy) is 2. The second-order valence-electron chi connectivity index (χ2n) is 11.9. The minimum Gasteiger partial charge on any atom is -0.466 e. The summed E-state index contributed by atoms with van der Waals surface area (Å²) >= 11 is 0. The second kappa shape index (κ2) is 12.6. The molecular formula is C32H36N6O5. The Labute approximate surface area is 250 Å². The number of rotatable bonds is 10. The Balaban J connectivity index is 1.39. The van der Waals surface area contributed by atoms with E-state index >= 15 is 0 Å². The summed E-state index contributed by atoms with van der Waals surface area (Å²) in [4.78, 5) is 45.5. The molecule has 0 saturated heterocycles. The van der Waals surface area contributed by atoms with Crippen molar-refractivity contribution in [3.05, 3.63) is 77.7 Å². The van der Waals surface area contributed by atoms with Gasteiger partial charge in [-0.3, -0.25) is 9.59 Å². The molecule has 0 bridgehead atoms. The van der Waals surface area contributed by atoms with Crippen LogP contribution in [0.1, 0.15) is 66.4 Å². The zero-order valence-corrected chi connectivity index (χ0v) is 24.9. The predicted octanol–water partition coefficient (Wildman–Crippen LogP) is 4.72. The number of hydrogen-bond acceptors (Lipinski definition) is 8. The van der Waals surface area contributed by atoms with Crippen LogP contribution in [-0.4, -0.2) is 69.0 Å². The molecule has 224 valence electrons. The Hall–Kier alpha value is -4.80. The number of carbonyl (C=O) groups is 3. The number of carbonyl (C=O) groups excluding carboxylic acids is 3. The van der Waals surface area contributed by atoms with Crippen LogP contribution in [0.4, 0.5) is 5.69 Å². The van der Waals surface area contributed by atoms with Crippen molar-refractivity contribution in [3.8, 4) is 5.88 Å². The van der Waals surface area contributed by atoms with Gasteiger partial charge in [0.2, 0.25) is 5.88 Å². The third-order valence-electron chi connectivity index (χ3n) is 7.33. The van der Waals surface area contributed by atoms with Crippen molar-refractivity contribution in [1.29, 1.82) is 0 Å². The monoisotopic (exact) mass is 584 g/mol. The molecule has 0 aliphatic heterocycles. The summed E-state index contributed by atoms with van der Waals surface area (Å²) in [5.74, 6) is -1.18. The lowest BCUT2D eigenvalue weighted by Gasteiger charge is -2.34. The summed E-state index contributed by atoms with van der Waals surface area (Å²) in [7, 11) is 1.73. The maximum atomic E-state index is 13.7. The smallest absolute Gasteiger partial charge is 0.344 e. The lowest BCUT2D eigenvalue weighted by atomic mass is 9.91. The molecule has 2 amide bonds. The van der Waals surface area contributed by atoms with E-state index in [0.717, 1.165) is 35.6 Å². The highest BCUT2D eigenvalue weighted by molar-refractivity contribution is 6.15. The fraction of sp³-hybridized carbons (Fsp3) is 0.375. The van der Waals surface area contributed by atoms with Gasteiger partial charge in [-0.2, -0.15) is 0 Å². The van der Waals surface area contributed by atoms with Gasteiger partial charge in [0, 0.05) is 30.9 Å². The number of pyridine rings is 1. The molecule has 43 heavy (non-hydrogen) atoms. The van der Waals surface area contributed by atoms with Crippen molar-refractivity contribution in [3.63, 3.8) is 0 Å². The molecule has 1 aliphatic rings. The first kappa shape index (κ1) is 29.7. The van der Waals surface area contributed by atoms with Crippen molar-refractivity contribution in [2.24, 2.45) is 5.41 Å². The zero-order chi connectivity index (χ0) is 30.6. The summed E-state index contributed by atoms with van der Waals surface area (Å²) in [6.07, 6.45) is 6.27. The van der Waals surface area contributed by atoms with E-state index in [2.05, 4.69) is 20.6 Å². The number of amides is 2. The van der Waals surface area contributed by atoms with Gasteiger partial charge in [-0.15, -0.1) is 5.10 Å². The Morgan fingerprint density at radius 3 is 2.49 bits per heavy atom. The Morgan fingerprint density at radius 2 is 1.81 bits per heavy atom. The van der Waals surface area contributed by atoms with Crippen LogP contribution in [0.25, 0.3) is 10.8 Å². The van der Waals surface area contributed by atoms with Crippen molar-refractivity contribution in [2.75, 3.05) is 25.6 Å². The highest BCUT2D eigenvalue weighted by atomic mass is 16.6. The number of fused-ring (bicyclic) bond motifs is 1. The average Bonchev–Trinajstić information content (AvgIpc) is 3.47. The molecule has 1 N–H and O–H groups in total. The molecule has 1 saturated carbocycles. The number of anilines is 1. The molecule has 5 rings (SSSR count). The van der Waals surface area contributed by atoms with Crippen LogP contribution in [0.2, 0.25) is 0 Å². The normalized spacial score (nSPS) is 13.3. The molecule has 1 aliphatic carbocycles. The van der Waals surface area contributed by atoms with Crippen LogP contribution < -0.4 is 10.1 Å². The molecule has 0 atom stereocenters. The molecule has 1 fully saturated rings. The number of hydrogen-bond donors (Lipinski definition) is 1. The number of benzene rings is 2. The summed E-state index contributed by atoms with van der Waals surface area (Å²) in [6.45, 7) is 6.28.